The molecule has 3 aliphatic carbocycles. The number of imidazole rings is 1. The third kappa shape index (κ3) is 4.29. The van der Waals surface area contributed by atoms with Gasteiger partial charge in [-0.15, -0.1) is 0 Å². The molecule has 6 rings (SSSR count). The van der Waals surface area contributed by atoms with Crippen LogP contribution in [0.1, 0.15) is 79.2 Å². The Balaban J connectivity index is 0.000000290. The summed E-state index contributed by atoms with van der Waals surface area (Å²) in [5.74, 6) is 2.82. The first kappa shape index (κ1) is 23.2. The molecule has 2 unspecified atom stereocenters. The van der Waals surface area contributed by atoms with E-state index in [2.05, 4.69) is 17.2 Å². The Morgan fingerprint density at radius 2 is 1.91 bits per heavy atom. The van der Waals surface area contributed by atoms with Crippen LogP contribution in [0.15, 0.2) is 12.3 Å². The molecular formula is C25H31F3N4O2. The highest BCUT2D eigenvalue weighted by Crippen LogP contribution is 2.56. The molecular weight excluding hydrogens is 445 g/mol. The number of aryl methyl sites for hydroxylation is 1. The van der Waals surface area contributed by atoms with Crippen molar-refractivity contribution in [2.24, 2.45) is 17.8 Å². The molecule has 1 aliphatic heterocycles. The highest BCUT2D eigenvalue weighted by molar-refractivity contribution is 5.97. The molecule has 2 atom stereocenters. The maximum atomic E-state index is 13.6. The standard InChI is InChI=1S/C18H19F3N4O2.C7H12/c1-2-13-15(17(27)24-6-5-22-14(26)9-24)23-16-12(18(19,20)21)7-11(8-25(13)16)10-3-4-10;1-5-6-3-2-4-7(5)6/h7-8,10H,2-6,9H2,1H3,(H,22,26);5-7H,2-4H2,1H3. The molecule has 4 aliphatic rings. The van der Waals surface area contributed by atoms with Crippen LogP contribution in [0.2, 0.25) is 0 Å². The van der Waals surface area contributed by atoms with Crippen molar-refractivity contribution in [1.29, 1.82) is 0 Å². The highest BCUT2D eigenvalue weighted by Gasteiger charge is 2.48. The second-order valence-corrected chi connectivity index (χ2v) is 10.1. The number of carbonyl (C=O) groups is 2. The average molecular weight is 477 g/mol. The molecule has 0 bridgehead atoms. The van der Waals surface area contributed by atoms with Gasteiger partial charge in [-0.1, -0.05) is 20.3 Å². The van der Waals surface area contributed by atoms with Gasteiger partial charge >= 0.3 is 6.18 Å². The van der Waals surface area contributed by atoms with Crippen LogP contribution in [-0.2, 0) is 17.4 Å². The third-order valence-electron chi connectivity index (χ3n) is 7.89. The van der Waals surface area contributed by atoms with Gasteiger partial charge in [0.1, 0.15) is 5.65 Å². The van der Waals surface area contributed by atoms with E-state index in [0.29, 0.717) is 30.8 Å². The normalized spacial score (nSPS) is 26.1. The zero-order chi connectivity index (χ0) is 24.2. The van der Waals surface area contributed by atoms with E-state index in [9.17, 15) is 22.8 Å². The lowest BCUT2D eigenvalue weighted by Crippen LogP contribution is -2.50. The monoisotopic (exact) mass is 476 g/mol. The van der Waals surface area contributed by atoms with E-state index >= 15 is 0 Å². The summed E-state index contributed by atoms with van der Waals surface area (Å²) in [5.41, 5.74) is -0.0245. The summed E-state index contributed by atoms with van der Waals surface area (Å²) in [6.45, 7) is 4.68. The molecule has 2 amide bonds. The van der Waals surface area contributed by atoms with Crippen molar-refractivity contribution in [2.45, 2.75) is 64.5 Å². The van der Waals surface area contributed by atoms with E-state index in [0.717, 1.165) is 24.8 Å². The molecule has 2 aromatic rings. The van der Waals surface area contributed by atoms with Gasteiger partial charge in [0.25, 0.3) is 5.91 Å². The SMILES string of the molecule is CC1C2CCCC12.CCc1c(C(=O)N2CCNC(=O)C2)nc2c(C(F)(F)F)cc(C3CC3)cn12. The maximum absolute atomic E-state index is 13.6. The minimum absolute atomic E-state index is 0.00866. The van der Waals surface area contributed by atoms with Gasteiger partial charge in [-0.05, 0) is 67.4 Å². The van der Waals surface area contributed by atoms with Crippen molar-refractivity contribution >= 4 is 17.5 Å². The first-order valence-corrected chi connectivity index (χ1v) is 12.4. The number of carbonyl (C=O) groups excluding carboxylic acids is 2. The van der Waals surface area contributed by atoms with Crippen LogP contribution in [0, 0.1) is 17.8 Å². The maximum Gasteiger partial charge on any atom is 0.419 e. The molecule has 4 fully saturated rings. The largest absolute Gasteiger partial charge is 0.419 e. The number of fused-ring (bicyclic) bond motifs is 2. The van der Waals surface area contributed by atoms with Gasteiger partial charge in [0.2, 0.25) is 5.91 Å². The van der Waals surface area contributed by atoms with E-state index in [1.54, 1.807) is 26.0 Å². The van der Waals surface area contributed by atoms with Crippen molar-refractivity contribution in [2.75, 3.05) is 19.6 Å². The summed E-state index contributed by atoms with van der Waals surface area (Å²) < 4.78 is 42.3. The van der Waals surface area contributed by atoms with E-state index in [4.69, 9.17) is 0 Å². The average Bonchev–Trinajstić information content (AvgIpc) is 3.64. The Morgan fingerprint density at radius 3 is 2.44 bits per heavy atom. The molecule has 34 heavy (non-hydrogen) atoms. The van der Waals surface area contributed by atoms with Crippen LogP contribution in [0.3, 0.4) is 0 Å². The molecule has 6 nitrogen and oxygen atoms in total. The number of hydrogen-bond acceptors (Lipinski definition) is 3. The lowest BCUT2D eigenvalue weighted by molar-refractivity contribution is -0.136. The minimum atomic E-state index is -4.56. The number of amides is 2. The highest BCUT2D eigenvalue weighted by atomic mass is 19.4. The molecule has 0 radical (unpaired) electrons. The van der Waals surface area contributed by atoms with Gasteiger partial charge in [0.15, 0.2) is 5.69 Å². The number of piperazine rings is 1. The van der Waals surface area contributed by atoms with E-state index in [-0.39, 0.29) is 29.7 Å². The van der Waals surface area contributed by atoms with Crippen LogP contribution in [0.5, 0.6) is 0 Å². The first-order valence-electron chi connectivity index (χ1n) is 12.4. The summed E-state index contributed by atoms with van der Waals surface area (Å²) >= 11 is 0. The molecule has 184 valence electrons. The third-order valence-corrected chi connectivity index (χ3v) is 7.89. The second-order valence-electron chi connectivity index (χ2n) is 10.1. The smallest absolute Gasteiger partial charge is 0.353 e. The van der Waals surface area contributed by atoms with Gasteiger partial charge in [-0.25, -0.2) is 4.98 Å². The van der Waals surface area contributed by atoms with Crippen LogP contribution < -0.4 is 5.32 Å². The van der Waals surface area contributed by atoms with E-state index < -0.39 is 17.6 Å². The van der Waals surface area contributed by atoms with Crippen LogP contribution >= 0.6 is 0 Å². The summed E-state index contributed by atoms with van der Waals surface area (Å²) in [6, 6.07) is 1.15. The fourth-order valence-corrected chi connectivity index (χ4v) is 5.71. The van der Waals surface area contributed by atoms with Crippen molar-refractivity contribution in [1.82, 2.24) is 19.6 Å². The van der Waals surface area contributed by atoms with Gasteiger partial charge < -0.3 is 14.6 Å². The molecule has 1 saturated heterocycles. The zero-order valence-corrected chi connectivity index (χ0v) is 19.6. The minimum Gasteiger partial charge on any atom is -0.353 e. The summed E-state index contributed by atoms with van der Waals surface area (Å²) in [6.07, 6.45) is 3.83. The fourth-order valence-electron chi connectivity index (χ4n) is 5.71. The van der Waals surface area contributed by atoms with Crippen molar-refractivity contribution < 1.29 is 22.8 Å². The number of pyridine rings is 1. The summed E-state index contributed by atoms with van der Waals surface area (Å²) in [7, 11) is 0. The van der Waals surface area contributed by atoms with Crippen LogP contribution in [0.25, 0.3) is 5.65 Å². The molecule has 0 aromatic carbocycles. The Hall–Kier alpha value is -2.58. The van der Waals surface area contributed by atoms with Crippen LogP contribution in [0.4, 0.5) is 13.2 Å². The van der Waals surface area contributed by atoms with Gasteiger partial charge in [0.05, 0.1) is 17.8 Å². The summed E-state index contributed by atoms with van der Waals surface area (Å²) in [4.78, 5) is 29.9. The van der Waals surface area contributed by atoms with Crippen LogP contribution in [-0.4, -0.2) is 45.7 Å². The molecule has 3 heterocycles. The fraction of sp³-hybridized carbons (Fsp3) is 0.640. The van der Waals surface area contributed by atoms with Gasteiger partial charge in [-0.3, -0.25) is 9.59 Å². The zero-order valence-electron chi connectivity index (χ0n) is 19.6. The van der Waals surface area contributed by atoms with Gasteiger partial charge in [0, 0.05) is 19.3 Å². The quantitative estimate of drug-likeness (QED) is 0.713. The van der Waals surface area contributed by atoms with Gasteiger partial charge in [-0.2, -0.15) is 13.2 Å². The topological polar surface area (TPSA) is 66.7 Å². The number of hydrogen-bond donors (Lipinski definition) is 1. The van der Waals surface area contributed by atoms with E-state index in [1.165, 1.54) is 27.6 Å². The number of halogens is 3. The molecule has 1 N–H and O–H groups in total. The number of nitrogens with one attached hydrogen (secondary N) is 1. The van der Waals surface area contributed by atoms with Crippen molar-refractivity contribution in [3.05, 3.63) is 34.8 Å². The number of nitrogens with zero attached hydrogens (tertiary/aromatic N) is 3. The lowest BCUT2D eigenvalue weighted by atomic mass is 10.1. The van der Waals surface area contributed by atoms with Crippen molar-refractivity contribution in [3.63, 3.8) is 0 Å². The Labute approximate surface area is 196 Å². The lowest BCUT2D eigenvalue weighted by Gasteiger charge is -2.26. The second kappa shape index (κ2) is 8.57. The van der Waals surface area contributed by atoms with E-state index in [1.807, 2.05) is 0 Å². The molecule has 3 saturated carbocycles. The predicted octanol–water partition coefficient (Wildman–Crippen LogP) is 4.42. The number of rotatable bonds is 3. The summed E-state index contributed by atoms with van der Waals surface area (Å²) in [5, 5.41) is 2.62. The predicted molar refractivity (Wildman–Crippen MR) is 120 cm³/mol. The van der Waals surface area contributed by atoms with Crippen molar-refractivity contribution in [3.8, 4) is 0 Å². The molecule has 9 heteroatoms. The number of aromatic nitrogens is 2. The Morgan fingerprint density at radius 1 is 1.21 bits per heavy atom. The first-order chi connectivity index (χ1) is 16.2. The Bertz CT molecular complexity index is 1110. The molecule has 2 aromatic heterocycles. The molecule has 0 spiro atoms. The number of alkyl halides is 3. The Kier molecular flexibility index (Phi) is 5.84.